The van der Waals surface area contributed by atoms with E-state index in [-0.39, 0.29) is 17.9 Å². The second-order valence-electron chi connectivity index (χ2n) is 5.31. The number of ether oxygens (including phenoxy) is 1. The van der Waals surface area contributed by atoms with Crippen molar-refractivity contribution in [3.63, 3.8) is 0 Å². The Kier molecular flexibility index (Phi) is 6.04. The van der Waals surface area contributed by atoms with Gasteiger partial charge in [0.1, 0.15) is 9.84 Å². The van der Waals surface area contributed by atoms with Gasteiger partial charge >= 0.3 is 0 Å². The third-order valence-electron chi connectivity index (χ3n) is 3.47. The quantitative estimate of drug-likeness (QED) is 0.748. The summed E-state index contributed by atoms with van der Waals surface area (Å²) >= 11 is 0. The van der Waals surface area contributed by atoms with Crippen LogP contribution < -0.4 is 5.32 Å². The number of nitrogens with one attached hydrogen (secondary N) is 1. The van der Waals surface area contributed by atoms with Crippen LogP contribution in [0, 0.1) is 0 Å². The van der Waals surface area contributed by atoms with Gasteiger partial charge in [-0.2, -0.15) is 0 Å². The van der Waals surface area contributed by atoms with E-state index < -0.39 is 9.84 Å². The van der Waals surface area contributed by atoms with Gasteiger partial charge in [-0.05, 0) is 27.3 Å². The second kappa shape index (κ2) is 6.84. The van der Waals surface area contributed by atoms with E-state index in [0.717, 1.165) is 19.7 Å². The molecule has 108 valence electrons. The second-order valence-corrected chi connectivity index (χ2v) is 7.57. The molecule has 1 N–H and O–H groups in total. The third-order valence-corrected chi connectivity index (χ3v) is 4.45. The molecule has 2 unspecified atom stereocenters. The van der Waals surface area contributed by atoms with Gasteiger partial charge in [0.05, 0.1) is 18.5 Å². The van der Waals surface area contributed by atoms with E-state index in [0.29, 0.717) is 12.5 Å². The SMILES string of the molecule is CNC(CCS(C)(=O)=O)C1CN(C(C)C)CCO1. The lowest BCUT2D eigenvalue weighted by Crippen LogP contribution is -2.53. The average molecular weight is 278 g/mol. The first-order valence-corrected chi connectivity index (χ1v) is 8.60. The molecule has 0 aromatic rings. The molecule has 0 radical (unpaired) electrons. The zero-order valence-electron chi connectivity index (χ0n) is 11.8. The van der Waals surface area contributed by atoms with Crippen LogP contribution in [0.4, 0.5) is 0 Å². The minimum Gasteiger partial charge on any atom is -0.374 e. The standard InChI is InChI=1S/C12H26N2O3S/c1-10(2)14-6-7-17-12(9-14)11(13-3)5-8-18(4,15)16/h10-13H,5-9H2,1-4H3. The highest BCUT2D eigenvalue weighted by Gasteiger charge is 2.28. The highest BCUT2D eigenvalue weighted by atomic mass is 32.2. The van der Waals surface area contributed by atoms with E-state index >= 15 is 0 Å². The Labute approximate surface area is 111 Å². The van der Waals surface area contributed by atoms with Crippen LogP contribution in [0.3, 0.4) is 0 Å². The van der Waals surface area contributed by atoms with Crippen molar-refractivity contribution >= 4 is 9.84 Å². The van der Waals surface area contributed by atoms with Crippen LogP contribution in [-0.2, 0) is 14.6 Å². The predicted octanol–water partition coefficient (Wildman–Crippen LogP) is 0.118. The van der Waals surface area contributed by atoms with Gasteiger partial charge in [-0.1, -0.05) is 0 Å². The lowest BCUT2D eigenvalue weighted by atomic mass is 10.1. The molecule has 6 heteroatoms. The normalized spacial score (nSPS) is 24.4. The van der Waals surface area contributed by atoms with Crippen molar-refractivity contribution in [2.75, 3.05) is 38.8 Å². The van der Waals surface area contributed by atoms with Gasteiger partial charge in [0.25, 0.3) is 0 Å². The van der Waals surface area contributed by atoms with Crippen LogP contribution >= 0.6 is 0 Å². The molecule has 0 amide bonds. The van der Waals surface area contributed by atoms with E-state index in [1.165, 1.54) is 6.26 Å². The Morgan fingerprint density at radius 2 is 2.11 bits per heavy atom. The molecule has 1 heterocycles. The number of nitrogens with zero attached hydrogens (tertiary/aromatic N) is 1. The molecule has 0 saturated carbocycles. The molecule has 0 aromatic heterocycles. The van der Waals surface area contributed by atoms with Crippen LogP contribution in [0.5, 0.6) is 0 Å². The first kappa shape index (κ1) is 15.9. The van der Waals surface area contributed by atoms with Crippen molar-refractivity contribution in [3.05, 3.63) is 0 Å². The van der Waals surface area contributed by atoms with Gasteiger partial charge in [-0.15, -0.1) is 0 Å². The summed E-state index contributed by atoms with van der Waals surface area (Å²) in [5, 5.41) is 3.19. The Balaban J connectivity index is 2.53. The fraction of sp³-hybridized carbons (Fsp3) is 1.00. The third kappa shape index (κ3) is 5.22. The molecule has 0 aromatic carbocycles. The summed E-state index contributed by atoms with van der Waals surface area (Å²) in [5.41, 5.74) is 0. The molecular weight excluding hydrogens is 252 g/mol. The summed E-state index contributed by atoms with van der Waals surface area (Å²) in [6, 6.07) is 0.602. The fourth-order valence-corrected chi connectivity index (χ4v) is 2.95. The lowest BCUT2D eigenvalue weighted by Gasteiger charge is -2.38. The van der Waals surface area contributed by atoms with E-state index in [2.05, 4.69) is 24.1 Å². The number of morpholine rings is 1. The smallest absolute Gasteiger partial charge is 0.147 e. The molecule has 0 bridgehead atoms. The Hall–Kier alpha value is -0.170. The Morgan fingerprint density at radius 3 is 2.61 bits per heavy atom. The van der Waals surface area contributed by atoms with E-state index in [1.54, 1.807) is 0 Å². The topological polar surface area (TPSA) is 58.6 Å². The van der Waals surface area contributed by atoms with Crippen molar-refractivity contribution in [1.82, 2.24) is 10.2 Å². The molecule has 1 aliphatic rings. The highest BCUT2D eigenvalue weighted by molar-refractivity contribution is 7.90. The minimum absolute atomic E-state index is 0.0768. The van der Waals surface area contributed by atoms with Crippen molar-refractivity contribution < 1.29 is 13.2 Å². The van der Waals surface area contributed by atoms with Crippen LogP contribution in [-0.4, -0.2) is 70.3 Å². The van der Waals surface area contributed by atoms with Gasteiger partial charge in [-0.25, -0.2) is 8.42 Å². The van der Waals surface area contributed by atoms with Crippen LogP contribution in [0.2, 0.25) is 0 Å². The van der Waals surface area contributed by atoms with Crippen LogP contribution in [0.25, 0.3) is 0 Å². The summed E-state index contributed by atoms with van der Waals surface area (Å²) in [6.45, 7) is 6.89. The van der Waals surface area contributed by atoms with Crippen molar-refractivity contribution in [2.24, 2.45) is 0 Å². The Morgan fingerprint density at radius 1 is 1.44 bits per heavy atom. The maximum absolute atomic E-state index is 11.2. The van der Waals surface area contributed by atoms with Crippen molar-refractivity contribution in [3.8, 4) is 0 Å². The summed E-state index contributed by atoms with van der Waals surface area (Å²) in [4.78, 5) is 2.37. The van der Waals surface area contributed by atoms with Gasteiger partial charge in [0, 0.05) is 31.4 Å². The molecular formula is C12H26N2O3S. The number of rotatable bonds is 6. The van der Waals surface area contributed by atoms with Crippen LogP contribution in [0.1, 0.15) is 20.3 Å². The predicted molar refractivity (Wildman–Crippen MR) is 73.6 cm³/mol. The first-order chi connectivity index (χ1) is 8.33. The highest BCUT2D eigenvalue weighted by Crippen LogP contribution is 2.14. The minimum atomic E-state index is -2.91. The number of sulfone groups is 1. The van der Waals surface area contributed by atoms with E-state index in [9.17, 15) is 8.42 Å². The molecule has 18 heavy (non-hydrogen) atoms. The lowest BCUT2D eigenvalue weighted by molar-refractivity contribution is -0.0546. The maximum atomic E-state index is 11.2. The Bertz CT molecular complexity index is 343. The first-order valence-electron chi connectivity index (χ1n) is 6.54. The number of hydrogen-bond acceptors (Lipinski definition) is 5. The molecule has 5 nitrogen and oxygen atoms in total. The molecule has 1 rings (SSSR count). The number of likely N-dealkylation sites (N-methyl/N-ethyl adjacent to an activating group) is 1. The van der Waals surface area contributed by atoms with Crippen molar-refractivity contribution in [2.45, 2.75) is 38.5 Å². The van der Waals surface area contributed by atoms with Crippen molar-refractivity contribution in [1.29, 1.82) is 0 Å². The average Bonchev–Trinajstić information content (AvgIpc) is 2.28. The summed E-state index contributed by atoms with van der Waals surface area (Å²) in [6.07, 6.45) is 1.96. The number of hydrogen-bond donors (Lipinski definition) is 1. The monoisotopic (exact) mass is 278 g/mol. The molecule has 1 saturated heterocycles. The van der Waals surface area contributed by atoms with E-state index in [4.69, 9.17) is 4.74 Å². The summed E-state index contributed by atoms with van der Waals surface area (Å²) in [7, 11) is -1.04. The molecule has 0 spiro atoms. The maximum Gasteiger partial charge on any atom is 0.147 e. The van der Waals surface area contributed by atoms with Gasteiger partial charge in [0.2, 0.25) is 0 Å². The molecule has 1 fully saturated rings. The van der Waals surface area contributed by atoms with Crippen LogP contribution in [0.15, 0.2) is 0 Å². The molecule has 1 aliphatic heterocycles. The zero-order chi connectivity index (χ0) is 13.8. The molecule has 2 atom stereocenters. The molecule has 0 aliphatic carbocycles. The van der Waals surface area contributed by atoms with Gasteiger partial charge in [-0.3, -0.25) is 4.90 Å². The van der Waals surface area contributed by atoms with Gasteiger partial charge < -0.3 is 10.1 Å². The fourth-order valence-electron chi connectivity index (χ4n) is 2.27. The van der Waals surface area contributed by atoms with Gasteiger partial charge in [0.15, 0.2) is 0 Å². The largest absolute Gasteiger partial charge is 0.374 e. The summed E-state index contributed by atoms with van der Waals surface area (Å²) in [5.74, 6) is 0.208. The summed E-state index contributed by atoms with van der Waals surface area (Å²) < 4.78 is 28.2. The van der Waals surface area contributed by atoms with E-state index in [1.807, 2.05) is 7.05 Å². The zero-order valence-corrected chi connectivity index (χ0v) is 12.7.